The van der Waals surface area contributed by atoms with Crippen LogP contribution in [0.3, 0.4) is 0 Å². The maximum absolute atomic E-state index is 12.9. The van der Waals surface area contributed by atoms with Gasteiger partial charge in [-0.05, 0) is 18.6 Å². The lowest BCUT2D eigenvalue weighted by Crippen LogP contribution is -2.40. The highest BCUT2D eigenvalue weighted by Crippen LogP contribution is 2.24. The monoisotopic (exact) mass is 306 g/mol. The number of nitro groups is 1. The number of rotatable bonds is 6. The van der Waals surface area contributed by atoms with Crippen molar-refractivity contribution in [2.45, 2.75) is 24.3 Å². The van der Waals surface area contributed by atoms with E-state index in [2.05, 4.69) is 0 Å². The normalized spacial score (nSPS) is 12.9. The number of carboxylic acid groups (broad SMARTS) is 1. The maximum Gasteiger partial charge on any atom is 0.321 e. The summed E-state index contributed by atoms with van der Waals surface area (Å²) in [6.07, 6.45) is -0.0520. The fourth-order valence-corrected chi connectivity index (χ4v) is 2.84. The second-order valence-electron chi connectivity index (χ2n) is 3.79. The van der Waals surface area contributed by atoms with E-state index >= 15 is 0 Å². The number of carboxylic acids is 1. The first-order chi connectivity index (χ1) is 9.19. The van der Waals surface area contributed by atoms with Crippen LogP contribution in [0.15, 0.2) is 23.1 Å². The average molecular weight is 306 g/mol. The fourth-order valence-electron chi connectivity index (χ4n) is 1.42. The van der Waals surface area contributed by atoms with E-state index in [1.165, 1.54) is 6.92 Å². The van der Waals surface area contributed by atoms with Crippen molar-refractivity contribution in [3.8, 4) is 0 Å². The third-order valence-electron chi connectivity index (χ3n) is 2.41. The zero-order valence-electron chi connectivity index (χ0n) is 10.2. The summed E-state index contributed by atoms with van der Waals surface area (Å²) in [5.74, 6) is -2.39. The molecule has 2 N–H and O–H groups in total. The summed E-state index contributed by atoms with van der Waals surface area (Å²) >= 11 is 0. The van der Waals surface area contributed by atoms with Crippen molar-refractivity contribution in [3.63, 3.8) is 0 Å². The van der Waals surface area contributed by atoms with Crippen molar-refractivity contribution in [1.29, 1.82) is 0 Å². The fraction of sp³-hybridized carbons (Fsp3) is 0.300. The van der Waals surface area contributed by atoms with Gasteiger partial charge >= 0.3 is 5.97 Å². The predicted octanol–water partition coefficient (Wildman–Crippen LogP) is 0.875. The summed E-state index contributed by atoms with van der Waals surface area (Å²) in [6.45, 7) is 1.43. The quantitative estimate of drug-likeness (QED) is 0.593. The van der Waals surface area contributed by atoms with Crippen LogP contribution in [-0.2, 0) is 14.8 Å². The van der Waals surface area contributed by atoms with Crippen LogP contribution >= 0.6 is 0 Å². The minimum atomic E-state index is -4.45. The second kappa shape index (κ2) is 5.92. The molecule has 0 saturated carbocycles. The molecule has 0 saturated heterocycles. The molecular formula is C10H11FN2O6S. The molecule has 110 valence electrons. The number of benzene rings is 1. The van der Waals surface area contributed by atoms with Crippen LogP contribution in [0, 0.1) is 15.9 Å². The Bertz CT molecular complexity index is 645. The van der Waals surface area contributed by atoms with E-state index in [1.54, 1.807) is 0 Å². The molecular weight excluding hydrogens is 295 g/mol. The van der Waals surface area contributed by atoms with Gasteiger partial charge < -0.3 is 5.11 Å². The number of hydrogen-bond acceptors (Lipinski definition) is 5. The van der Waals surface area contributed by atoms with Crippen molar-refractivity contribution in [3.05, 3.63) is 34.1 Å². The first-order valence-corrected chi connectivity index (χ1v) is 6.86. The number of nitro benzene ring substituents is 1. The van der Waals surface area contributed by atoms with Crippen LogP contribution < -0.4 is 4.72 Å². The SMILES string of the molecule is CC[C@@H](NS(=O)(=O)c1ccc(F)cc1[N+](=O)[O-])C(=O)O. The summed E-state index contributed by atoms with van der Waals surface area (Å²) in [4.78, 5) is 19.7. The lowest BCUT2D eigenvalue weighted by atomic mass is 10.2. The zero-order valence-corrected chi connectivity index (χ0v) is 11.1. The van der Waals surface area contributed by atoms with Crippen molar-refractivity contribution in [1.82, 2.24) is 4.72 Å². The number of sulfonamides is 1. The van der Waals surface area contributed by atoms with Gasteiger partial charge in [0.05, 0.1) is 11.0 Å². The molecule has 0 fully saturated rings. The number of hydrogen-bond donors (Lipinski definition) is 2. The Hall–Kier alpha value is -2.07. The standard InChI is InChI=1S/C10H11FN2O6S/c1-2-7(10(14)15)12-20(18,19)9-4-3-6(11)5-8(9)13(16)17/h3-5,7,12H,2H2,1H3,(H,14,15)/t7-/m1/s1. The van der Waals surface area contributed by atoms with Gasteiger partial charge in [0.15, 0.2) is 4.90 Å². The molecule has 1 aromatic rings. The highest BCUT2D eigenvalue weighted by molar-refractivity contribution is 7.89. The molecule has 0 aliphatic heterocycles. The van der Waals surface area contributed by atoms with E-state index in [0.717, 1.165) is 6.07 Å². The van der Waals surface area contributed by atoms with Crippen molar-refractivity contribution in [2.24, 2.45) is 0 Å². The van der Waals surface area contributed by atoms with Gasteiger partial charge in [-0.1, -0.05) is 6.92 Å². The maximum atomic E-state index is 12.9. The van der Waals surface area contributed by atoms with Crippen molar-refractivity contribution in [2.75, 3.05) is 0 Å². The van der Waals surface area contributed by atoms with Crippen LogP contribution in [0.1, 0.15) is 13.3 Å². The highest BCUT2D eigenvalue weighted by atomic mass is 32.2. The van der Waals surface area contributed by atoms with Gasteiger partial charge in [0.25, 0.3) is 5.69 Å². The summed E-state index contributed by atoms with van der Waals surface area (Å²) in [7, 11) is -4.45. The summed E-state index contributed by atoms with van der Waals surface area (Å²) in [5, 5.41) is 19.5. The molecule has 0 amide bonds. The first kappa shape index (κ1) is 16.0. The molecule has 1 atom stereocenters. The smallest absolute Gasteiger partial charge is 0.321 e. The summed E-state index contributed by atoms with van der Waals surface area (Å²) < 4.78 is 38.6. The van der Waals surface area contributed by atoms with Crippen LogP contribution in [0.4, 0.5) is 10.1 Å². The molecule has 1 rings (SSSR count). The third-order valence-corrected chi connectivity index (χ3v) is 3.93. The van der Waals surface area contributed by atoms with Gasteiger partial charge in [0, 0.05) is 0 Å². The zero-order chi connectivity index (χ0) is 15.5. The molecule has 1 aromatic carbocycles. The van der Waals surface area contributed by atoms with Gasteiger partial charge in [-0.3, -0.25) is 14.9 Å². The van der Waals surface area contributed by atoms with Gasteiger partial charge in [-0.2, -0.15) is 4.72 Å². The van der Waals surface area contributed by atoms with Crippen LogP contribution in [0.25, 0.3) is 0 Å². The van der Waals surface area contributed by atoms with Crippen molar-refractivity contribution < 1.29 is 27.6 Å². The van der Waals surface area contributed by atoms with Crippen LogP contribution in [0.2, 0.25) is 0 Å². The molecule has 0 bridgehead atoms. The number of aliphatic carboxylic acids is 1. The Morgan fingerprint density at radius 3 is 2.60 bits per heavy atom. The van der Waals surface area contributed by atoms with Gasteiger partial charge in [0.1, 0.15) is 11.9 Å². The average Bonchev–Trinajstić information content (AvgIpc) is 2.35. The third kappa shape index (κ3) is 3.48. The lowest BCUT2D eigenvalue weighted by molar-refractivity contribution is -0.388. The molecule has 0 aliphatic rings. The van der Waals surface area contributed by atoms with Crippen LogP contribution in [-0.4, -0.2) is 30.5 Å². The minimum absolute atomic E-state index is 0.0520. The van der Waals surface area contributed by atoms with E-state index in [1.807, 2.05) is 4.72 Å². The largest absolute Gasteiger partial charge is 0.480 e. The van der Waals surface area contributed by atoms with E-state index in [4.69, 9.17) is 5.11 Å². The molecule has 0 heterocycles. The minimum Gasteiger partial charge on any atom is -0.480 e. The van der Waals surface area contributed by atoms with Crippen LogP contribution in [0.5, 0.6) is 0 Å². The molecule has 0 aromatic heterocycles. The van der Waals surface area contributed by atoms with Gasteiger partial charge in [0.2, 0.25) is 10.0 Å². The Labute approximate surface area is 113 Å². The van der Waals surface area contributed by atoms with Gasteiger partial charge in [-0.15, -0.1) is 0 Å². The summed E-state index contributed by atoms with van der Waals surface area (Å²) in [5.41, 5.74) is -0.960. The second-order valence-corrected chi connectivity index (χ2v) is 5.47. The molecule has 0 spiro atoms. The Morgan fingerprint density at radius 1 is 1.55 bits per heavy atom. The molecule has 0 radical (unpaired) electrons. The Balaban J connectivity index is 3.29. The lowest BCUT2D eigenvalue weighted by Gasteiger charge is -2.12. The molecule has 10 heteroatoms. The summed E-state index contributed by atoms with van der Waals surface area (Å²) in [6, 6.07) is 0.480. The van der Waals surface area contributed by atoms with E-state index < -0.39 is 43.4 Å². The van der Waals surface area contributed by atoms with Gasteiger partial charge in [-0.25, -0.2) is 12.8 Å². The molecule has 0 aliphatic carbocycles. The topological polar surface area (TPSA) is 127 Å². The van der Waals surface area contributed by atoms with E-state index in [9.17, 15) is 27.7 Å². The van der Waals surface area contributed by atoms with E-state index in [-0.39, 0.29) is 6.42 Å². The molecule has 0 unspecified atom stereocenters. The number of carbonyl (C=O) groups is 1. The predicted molar refractivity (Wildman–Crippen MR) is 65.1 cm³/mol. The van der Waals surface area contributed by atoms with E-state index in [0.29, 0.717) is 12.1 Å². The number of nitrogens with zero attached hydrogens (tertiary/aromatic N) is 1. The molecule has 8 nitrogen and oxygen atoms in total. The Morgan fingerprint density at radius 2 is 2.15 bits per heavy atom. The first-order valence-electron chi connectivity index (χ1n) is 5.38. The molecule has 20 heavy (non-hydrogen) atoms. The Kier molecular flexibility index (Phi) is 4.73. The van der Waals surface area contributed by atoms with Crippen molar-refractivity contribution >= 4 is 21.7 Å². The number of halogens is 1. The highest BCUT2D eigenvalue weighted by Gasteiger charge is 2.30. The number of nitrogens with one attached hydrogen (secondary N) is 1.